The van der Waals surface area contributed by atoms with E-state index in [1.165, 1.54) is 20.4 Å². The number of hydrogen-bond donors (Lipinski definition) is 1. The van der Waals surface area contributed by atoms with E-state index < -0.39 is 6.10 Å². The third kappa shape index (κ3) is 3.05. The highest BCUT2D eigenvalue weighted by Gasteiger charge is 2.22. The lowest BCUT2D eigenvalue weighted by molar-refractivity contribution is 0.201. The second kappa shape index (κ2) is 6.41. The molecule has 0 bridgehead atoms. The first-order valence-corrected chi connectivity index (χ1v) is 6.38. The van der Waals surface area contributed by atoms with Gasteiger partial charge in [-0.3, -0.25) is 0 Å². The van der Waals surface area contributed by atoms with Gasteiger partial charge in [0.15, 0.2) is 0 Å². The number of aromatic nitrogens is 2. The Labute approximate surface area is 123 Å². The van der Waals surface area contributed by atoms with Crippen molar-refractivity contribution in [2.45, 2.75) is 13.0 Å². The highest BCUT2D eigenvalue weighted by molar-refractivity contribution is 5.43. The standard InChI is InChI=1S/C15H18N2O4/c1-9-5-6-11(19-2)10(7-9)14(18)13-15(21-4)17-12(20-3)8-16-13/h5-8,14,18H,1-4H3. The molecule has 2 rings (SSSR count). The molecule has 2 aromatic rings. The van der Waals surface area contributed by atoms with Crippen LogP contribution in [-0.4, -0.2) is 36.4 Å². The van der Waals surface area contributed by atoms with Crippen molar-refractivity contribution >= 4 is 0 Å². The fourth-order valence-corrected chi connectivity index (χ4v) is 2.02. The van der Waals surface area contributed by atoms with Crippen LogP contribution in [0.4, 0.5) is 0 Å². The molecule has 0 aliphatic heterocycles. The fraction of sp³-hybridized carbons (Fsp3) is 0.333. The molecule has 0 amide bonds. The lowest BCUT2D eigenvalue weighted by atomic mass is 10.0. The number of aryl methyl sites for hydroxylation is 1. The first-order valence-electron chi connectivity index (χ1n) is 6.38. The van der Waals surface area contributed by atoms with Crippen molar-refractivity contribution in [2.75, 3.05) is 21.3 Å². The first-order chi connectivity index (χ1) is 10.1. The molecular weight excluding hydrogens is 272 g/mol. The average Bonchev–Trinajstić information content (AvgIpc) is 2.53. The number of ether oxygens (including phenoxy) is 3. The van der Waals surface area contributed by atoms with Crippen LogP contribution < -0.4 is 14.2 Å². The summed E-state index contributed by atoms with van der Waals surface area (Å²) in [7, 11) is 4.51. The Morgan fingerprint density at radius 2 is 1.86 bits per heavy atom. The molecule has 1 heterocycles. The molecular formula is C15H18N2O4. The zero-order chi connectivity index (χ0) is 15.4. The topological polar surface area (TPSA) is 73.7 Å². The van der Waals surface area contributed by atoms with Gasteiger partial charge in [-0.05, 0) is 19.1 Å². The molecule has 0 radical (unpaired) electrons. The summed E-state index contributed by atoms with van der Waals surface area (Å²) in [5.41, 5.74) is 1.92. The second-order valence-corrected chi connectivity index (χ2v) is 4.45. The summed E-state index contributed by atoms with van der Waals surface area (Å²) in [5.74, 6) is 1.11. The Bertz CT molecular complexity index is 631. The molecule has 6 nitrogen and oxygen atoms in total. The number of aliphatic hydroxyl groups is 1. The van der Waals surface area contributed by atoms with Crippen LogP contribution in [0.5, 0.6) is 17.5 Å². The minimum atomic E-state index is -1.01. The van der Waals surface area contributed by atoms with Crippen LogP contribution >= 0.6 is 0 Å². The maximum atomic E-state index is 10.6. The van der Waals surface area contributed by atoms with E-state index in [-0.39, 0.29) is 5.88 Å². The molecule has 1 aromatic heterocycles. The van der Waals surface area contributed by atoms with Gasteiger partial charge in [0.25, 0.3) is 0 Å². The molecule has 0 saturated carbocycles. The normalized spacial score (nSPS) is 11.9. The van der Waals surface area contributed by atoms with E-state index in [1.807, 2.05) is 19.1 Å². The molecule has 112 valence electrons. The van der Waals surface area contributed by atoms with Crippen LogP contribution in [0, 0.1) is 6.92 Å². The molecule has 0 spiro atoms. The molecule has 1 atom stereocenters. The predicted molar refractivity (Wildman–Crippen MR) is 76.9 cm³/mol. The van der Waals surface area contributed by atoms with Crippen molar-refractivity contribution in [3.05, 3.63) is 41.2 Å². The molecule has 0 aliphatic rings. The van der Waals surface area contributed by atoms with Crippen molar-refractivity contribution in [3.8, 4) is 17.5 Å². The SMILES string of the molecule is COc1cnc(C(O)c2cc(C)ccc2OC)c(OC)n1. The summed E-state index contributed by atoms with van der Waals surface area (Å²) in [4.78, 5) is 8.31. The van der Waals surface area contributed by atoms with Gasteiger partial charge >= 0.3 is 0 Å². The van der Waals surface area contributed by atoms with Crippen molar-refractivity contribution in [1.29, 1.82) is 0 Å². The molecule has 21 heavy (non-hydrogen) atoms. The van der Waals surface area contributed by atoms with Crippen LogP contribution in [0.2, 0.25) is 0 Å². The van der Waals surface area contributed by atoms with Crippen LogP contribution in [0.15, 0.2) is 24.4 Å². The molecule has 6 heteroatoms. The summed E-state index contributed by atoms with van der Waals surface area (Å²) in [5, 5.41) is 10.6. The molecule has 1 unspecified atom stereocenters. The van der Waals surface area contributed by atoms with E-state index in [0.29, 0.717) is 22.9 Å². The third-order valence-corrected chi connectivity index (χ3v) is 3.09. The maximum absolute atomic E-state index is 10.6. The van der Waals surface area contributed by atoms with Crippen LogP contribution in [-0.2, 0) is 0 Å². The zero-order valence-electron chi connectivity index (χ0n) is 12.5. The second-order valence-electron chi connectivity index (χ2n) is 4.45. The molecule has 0 saturated heterocycles. The van der Waals surface area contributed by atoms with E-state index in [2.05, 4.69) is 9.97 Å². The molecule has 1 aromatic carbocycles. The van der Waals surface area contributed by atoms with Gasteiger partial charge in [-0.25, -0.2) is 4.98 Å². The van der Waals surface area contributed by atoms with Crippen molar-refractivity contribution in [3.63, 3.8) is 0 Å². The van der Waals surface area contributed by atoms with Gasteiger partial charge in [-0.1, -0.05) is 11.6 Å². The Hall–Kier alpha value is -2.34. The average molecular weight is 290 g/mol. The van der Waals surface area contributed by atoms with Gasteiger partial charge < -0.3 is 19.3 Å². The van der Waals surface area contributed by atoms with Crippen molar-refractivity contribution in [1.82, 2.24) is 9.97 Å². The van der Waals surface area contributed by atoms with Gasteiger partial charge in [-0.15, -0.1) is 0 Å². The maximum Gasteiger partial charge on any atom is 0.241 e. The highest BCUT2D eigenvalue weighted by atomic mass is 16.5. The summed E-state index contributed by atoms with van der Waals surface area (Å²) >= 11 is 0. The summed E-state index contributed by atoms with van der Waals surface area (Å²) in [6, 6.07) is 5.55. The molecule has 1 N–H and O–H groups in total. The highest BCUT2D eigenvalue weighted by Crippen LogP contribution is 2.33. The van der Waals surface area contributed by atoms with Crippen LogP contribution in [0.1, 0.15) is 22.9 Å². The lowest BCUT2D eigenvalue weighted by Crippen LogP contribution is -2.09. The van der Waals surface area contributed by atoms with Gasteiger partial charge in [-0.2, -0.15) is 4.98 Å². The van der Waals surface area contributed by atoms with Gasteiger partial charge in [0.05, 0.1) is 27.5 Å². The Morgan fingerprint density at radius 3 is 2.48 bits per heavy atom. The van der Waals surface area contributed by atoms with Crippen LogP contribution in [0.3, 0.4) is 0 Å². The van der Waals surface area contributed by atoms with E-state index in [4.69, 9.17) is 14.2 Å². The minimum Gasteiger partial charge on any atom is -0.496 e. The van der Waals surface area contributed by atoms with E-state index in [1.54, 1.807) is 13.2 Å². The molecule has 0 fully saturated rings. The number of nitrogens with zero attached hydrogens (tertiary/aromatic N) is 2. The Balaban J connectivity index is 2.49. The number of rotatable bonds is 5. The lowest BCUT2D eigenvalue weighted by Gasteiger charge is -2.17. The summed E-state index contributed by atoms with van der Waals surface area (Å²) in [6.07, 6.45) is 0.428. The Morgan fingerprint density at radius 1 is 1.10 bits per heavy atom. The minimum absolute atomic E-state index is 0.213. The number of aliphatic hydroxyl groups excluding tert-OH is 1. The van der Waals surface area contributed by atoms with Crippen molar-refractivity contribution in [2.24, 2.45) is 0 Å². The largest absolute Gasteiger partial charge is 0.496 e. The van der Waals surface area contributed by atoms with Crippen molar-refractivity contribution < 1.29 is 19.3 Å². The van der Waals surface area contributed by atoms with Gasteiger partial charge in [0, 0.05) is 5.56 Å². The van der Waals surface area contributed by atoms with Gasteiger partial charge in [0.2, 0.25) is 11.8 Å². The van der Waals surface area contributed by atoms with E-state index >= 15 is 0 Å². The van der Waals surface area contributed by atoms with E-state index in [9.17, 15) is 5.11 Å². The monoisotopic (exact) mass is 290 g/mol. The summed E-state index contributed by atoms with van der Waals surface area (Å²) < 4.78 is 15.5. The first kappa shape index (κ1) is 15.1. The van der Waals surface area contributed by atoms with E-state index in [0.717, 1.165) is 5.56 Å². The van der Waals surface area contributed by atoms with Crippen LogP contribution in [0.25, 0.3) is 0 Å². The van der Waals surface area contributed by atoms with Gasteiger partial charge in [0.1, 0.15) is 17.5 Å². The number of benzene rings is 1. The number of hydrogen-bond acceptors (Lipinski definition) is 6. The fourth-order valence-electron chi connectivity index (χ4n) is 2.02. The Kier molecular flexibility index (Phi) is 4.59. The zero-order valence-corrected chi connectivity index (χ0v) is 12.5. The predicted octanol–water partition coefficient (Wildman–Crippen LogP) is 1.89. The smallest absolute Gasteiger partial charge is 0.241 e. The summed E-state index contributed by atoms with van der Waals surface area (Å²) in [6.45, 7) is 1.94. The molecule has 0 aliphatic carbocycles. The third-order valence-electron chi connectivity index (χ3n) is 3.09. The number of methoxy groups -OCH3 is 3. The quantitative estimate of drug-likeness (QED) is 0.906.